The number of hydrogen-bond acceptors (Lipinski definition) is 4. The van der Waals surface area contributed by atoms with Crippen LogP contribution < -0.4 is 10.2 Å². The van der Waals surface area contributed by atoms with E-state index in [0.29, 0.717) is 24.9 Å². The van der Waals surface area contributed by atoms with Gasteiger partial charge in [-0.05, 0) is 0 Å². The molecule has 0 bridgehead atoms. The van der Waals surface area contributed by atoms with Crippen LogP contribution in [-0.2, 0) is 4.79 Å². The number of nitrogens with one attached hydrogen (secondary N) is 1. The molecule has 1 rings (SSSR count). The molecule has 6 heteroatoms. The second-order valence-electron chi connectivity index (χ2n) is 3.54. The van der Waals surface area contributed by atoms with Crippen molar-refractivity contribution in [2.24, 2.45) is 0 Å². The van der Waals surface area contributed by atoms with Gasteiger partial charge in [0.25, 0.3) is 0 Å². The molecule has 0 aliphatic carbocycles. The van der Waals surface area contributed by atoms with E-state index in [2.05, 4.69) is 28.4 Å². The van der Waals surface area contributed by atoms with Crippen molar-refractivity contribution in [3.05, 3.63) is 36.5 Å². The predicted octanol–water partition coefficient (Wildman–Crippen LogP) is 2.27. The Morgan fingerprint density at radius 1 is 1.44 bits per heavy atom. The van der Waals surface area contributed by atoms with Gasteiger partial charge in [0, 0.05) is 26.1 Å². The fourth-order valence-electron chi connectivity index (χ4n) is 1.34. The molecule has 0 fully saturated rings. The van der Waals surface area contributed by atoms with E-state index < -0.39 is 0 Å². The van der Waals surface area contributed by atoms with Gasteiger partial charge in [0.05, 0.1) is 0 Å². The summed E-state index contributed by atoms with van der Waals surface area (Å²) in [6, 6.07) is 1.49. The standard InChI is InChI=1S/C12H15ClN4O/c1-4-6-17(7-5-2)12-15-10(13)8-11(16-12)14-9(3)18/h4-5,8H,1-2,6-7H2,3H3,(H,14,15,16,18). The summed E-state index contributed by atoms with van der Waals surface area (Å²) in [6.45, 7) is 9.86. The molecule has 5 nitrogen and oxygen atoms in total. The largest absolute Gasteiger partial charge is 0.333 e. The Bertz CT molecular complexity index is 451. The minimum absolute atomic E-state index is 0.213. The van der Waals surface area contributed by atoms with Gasteiger partial charge in [0.1, 0.15) is 11.0 Å². The van der Waals surface area contributed by atoms with Gasteiger partial charge in [-0.15, -0.1) is 13.2 Å². The van der Waals surface area contributed by atoms with Crippen LogP contribution in [0.15, 0.2) is 31.4 Å². The molecule has 1 aromatic rings. The average molecular weight is 267 g/mol. The molecule has 0 radical (unpaired) electrons. The van der Waals surface area contributed by atoms with Crippen molar-refractivity contribution in [1.29, 1.82) is 0 Å². The minimum atomic E-state index is -0.213. The normalized spacial score (nSPS) is 9.67. The first-order valence-corrected chi connectivity index (χ1v) is 5.73. The number of halogens is 1. The van der Waals surface area contributed by atoms with Gasteiger partial charge in [-0.2, -0.15) is 4.98 Å². The van der Waals surface area contributed by atoms with Gasteiger partial charge in [0.15, 0.2) is 0 Å². The van der Waals surface area contributed by atoms with Crippen LogP contribution in [0.1, 0.15) is 6.92 Å². The molecule has 1 N–H and O–H groups in total. The predicted molar refractivity (Wildman–Crippen MR) is 74.0 cm³/mol. The van der Waals surface area contributed by atoms with E-state index in [4.69, 9.17) is 11.6 Å². The smallest absolute Gasteiger partial charge is 0.229 e. The average Bonchev–Trinajstić information content (AvgIpc) is 2.27. The highest BCUT2D eigenvalue weighted by atomic mass is 35.5. The van der Waals surface area contributed by atoms with E-state index in [1.807, 2.05) is 4.90 Å². The van der Waals surface area contributed by atoms with E-state index in [1.54, 1.807) is 12.2 Å². The van der Waals surface area contributed by atoms with Gasteiger partial charge in [-0.25, -0.2) is 4.98 Å². The molecule has 18 heavy (non-hydrogen) atoms. The first kappa shape index (κ1) is 14.2. The molecule has 0 spiro atoms. The molecule has 0 aliphatic rings. The highest BCUT2D eigenvalue weighted by molar-refractivity contribution is 6.29. The maximum Gasteiger partial charge on any atom is 0.229 e. The summed E-state index contributed by atoms with van der Waals surface area (Å²) < 4.78 is 0. The number of aromatic nitrogens is 2. The summed E-state index contributed by atoms with van der Waals surface area (Å²) in [7, 11) is 0. The lowest BCUT2D eigenvalue weighted by molar-refractivity contribution is -0.114. The summed E-state index contributed by atoms with van der Waals surface area (Å²) in [5, 5.41) is 2.84. The highest BCUT2D eigenvalue weighted by Crippen LogP contribution is 2.17. The number of carbonyl (C=O) groups is 1. The van der Waals surface area contributed by atoms with Crippen molar-refractivity contribution in [2.75, 3.05) is 23.3 Å². The van der Waals surface area contributed by atoms with Gasteiger partial charge < -0.3 is 10.2 Å². The number of amides is 1. The monoisotopic (exact) mass is 266 g/mol. The summed E-state index contributed by atoms with van der Waals surface area (Å²) in [6.07, 6.45) is 3.46. The minimum Gasteiger partial charge on any atom is -0.333 e. The molecule has 0 unspecified atom stereocenters. The third-order valence-electron chi connectivity index (χ3n) is 1.97. The Kier molecular flexibility index (Phi) is 5.32. The van der Waals surface area contributed by atoms with Crippen LogP contribution in [0.2, 0.25) is 5.15 Å². The van der Waals surface area contributed by atoms with Crippen LogP contribution in [0.4, 0.5) is 11.8 Å². The van der Waals surface area contributed by atoms with E-state index in [-0.39, 0.29) is 11.1 Å². The van der Waals surface area contributed by atoms with Crippen LogP contribution in [0, 0.1) is 0 Å². The maximum absolute atomic E-state index is 11.0. The van der Waals surface area contributed by atoms with Gasteiger partial charge in [-0.3, -0.25) is 4.79 Å². The van der Waals surface area contributed by atoms with Crippen molar-refractivity contribution < 1.29 is 4.79 Å². The van der Waals surface area contributed by atoms with Crippen molar-refractivity contribution in [2.45, 2.75) is 6.92 Å². The number of hydrogen-bond donors (Lipinski definition) is 1. The van der Waals surface area contributed by atoms with Crippen LogP contribution in [0.25, 0.3) is 0 Å². The summed E-state index contributed by atoms with van der Waals surface area (Å²) in [4.78, 5) is 21.2. The Balaban J connectivity index is 3.04. The molecule has 0 saturated heterocycles. The molecule has 0 aromatic carbocycles. The fourth-order valence-corrected chi connectivity index (χ4v) is 1.52. The number of rotatable bonds is 6. The van der Waals surface area contributed by atoms with Gasteiger partial charge in [0.2, 0.25) is 11.9 Å². The van der Waals surface area contributed by atoms with Crippen molar-refractivity contribution in [3.8, 4) is 0 Å². The lowest BCUT2D eigenvalue weighted by Gasteiger charge is -2.19. The Morgan fingerprint density at radius 3 is 2.56 bits per heavy atom. The highest BCUT2D eigenvalue weighted by Gasteiger charge is 2.10. The molecular weight excluding hydrogens is 252 g/mol. The Morgan fingerprint density at radius 2 is 2.06 bits per heavy atom. The fraction of sp³-hybridized carbons (Fsp3) is 0.250. The maximum atomic E-state index is 11.0. The zero-order valence-corrected chi connectivity index (χ0v) is 10.9. The van der Waals surface area contributed by atoms with Crippen LogP contribution in [-0.4, -0.2) is 29.0 Å². The summed E-state index contributed by atoms with van der Waals surface area (Å²) >= 11 is 5.90. The van der Waals surface area contributed by atoms with Crippen molar-refractivity contribution in [3.63, 3.8) is 0 Å². The molecule has 0 aliphatic heterocycles. The van der Waals surface area contributed by atoms with Crippen molar-refractivity contribution >= 4 is 29.3 Å². The van der Waals surface area contributed by atoms with Crippen LogP contribution in [0.3, 0.4) is 0 Å². The lowest BCUT2D eigenvalue weighted by Crippen LogP contribution is -2.25. The van der Waals surface area contributed by atoms with E-state index in [9.17, 15) is 4.79 Å². The summed E-state index contributed by atoms with van der Waals surface area (Å²) in [5.41, 5.74) is 0. The number of nitrogens with zero attached hydrogens (tertiary/aromatic N) is 3. The zero-order chi connectivity index (χ0) is 13.5. The Hall–Kier alpha value is -1.88. The van der Waals surface area contributed by atoms with E-state index in [0.717, 1.165) is 0 Å². The second-order valence-corrected chi connectivity index (χ2v) is 3.93. The molecular formula is C12H15ClN4O. The Labute approximate surface area is 111 Å². The molecule has 1 amide bonds. The van der Waals surface area contributed by atoms with Gasteiger partial charge >= 0.3 is 0 Å². The van der Waals surface area contributed by atoms with Gasteiger partial charge in [-0.1, -0.05) is 23.8 Å². The molecule has 1 heterocycles. The lowest BCUT2D eigenvalue weighted by atomic mass is 10.4. The molecule has 0 atom stereocenters. The third kappa shape index (κ3) is 4.18. The zero-order valence-electron chi connectivity index (χ0n) is 10.2. The first-order chi connectivity index (χ1) is 8.56. The van der Waals surface area contributed by atoms with E-state index >= 15 is 0 Å². The second kappa shape index (κ2) is 6.76. The van der Waals surface area contributed by atoms with Crippen molar-refractivity contribution in [1.82, 2.24) is 9.97 Å². The van der Waals surface area contributed by atoms with E-state index in [1.165, 1.54) is 13.0 Å². The number of carbonyl (C=O) groups excluding carboxylic acids is 1. The number of anilines is 2. The first-order valence-electron chi connectivity index (χ1n) is 5.35. The molecule has 1 aromatic heterocycles. The SMILES string of the molecule is C=CCN(CC=C)c1nc(Cl)cc(NC(C)=O)n1. The molecule has 96 valence electrons. The van der Waals surface area contributed by atoms with Crippen LogP contribution >= 0.6 is 11.6 Å². The molecule has 0 saturated carbocycles. The topological polar surface area (TPSA) is 58.1 Å². The quantitative estimate of drug-likeness (QED) is 0.634. The van der Waals surface area contributed by atoms with Crippen LogP contribution in [0.5, 0.6) is 0 Å². The summed E-state index contributed by atoms with van der Waals surface area (Å²) in [5.74, 6) is 0.580. The third-order valence-corrected chi connectivity index (χ3v) is 2.16.